The third-order valence-corrected chi connectivity index (χ3v) is 3.82. The van der Waals surface area contributed by atoms with Crippen LogP contribution in [0, 0.1) is 0 Å². The van der Waals surface area contributed by atoms with Crippen molar-refractivity contribution in [2.75, 3.05) is 0 Å². The minimum atomic E-state index is -0.324. The highest BCUT2D eigenvalue weighted by molar-refractivity contribution is 7.18. The fourth-order valence-corrected chi connectivity index (χ4v) is 3.02. The van der Waals surface area contributed by atoms with Crippen molar-refractivity contribution >= 4 is 21.6 Å². The zero-order valence-electron chi connectivity index (χ0n) is 8.97. The average molecular weight is 221 g/mol. The Hall–Kier alpha value is -0.930. The number of hydrogen-bond acceptors (Lipinski definition) is 3. The van der Waals surface area contributed by atoms with Gasteiger partial charge in [0.05, 0.1) is 21.3 Å². The molecule has 80 valence electrons. The van der Waals surface area contributed by atoms with Crippen molar-refractivity contribution in [3.05, 3.63) is 29.3 Å². The van der Waals surface area contributed by atoms with E-state index in [0.717, 1.165) is 16.9 Å². The van der Waals surface area contributed by atoms with E-state index >= 15 is 0 Å². The summed E-state index contributed by atoms with van der Waals surface area (Å²) < 4.78 is 1.20. The van der Waals surface area contributed by atoms with Crippen molar-refractivity contribution in [2.45, 2.75) is 32.3 Å². The SMILES string of the molecule is CCC(c1nc2ccccc2s1)C(C)O. The Morgan fingerprint density at radius 2 is 2.13 bits per heavy atom. The summed E-state index contributed by atoms with van der Waals surface area (Å²) in [5.74, 6) is 0.169. The first kappa shape index (κ1) is 10.6. The number of aliphatic hydroxyl groups is 1. The van der Waals surface area contributed by atoms with Gasteiger partial charge in [0.2, 0.25) is 0 Å². The molecule has 0 fully saturated rings. The number of fused-ring (bicyclic) bond motifs is 1. The second-order valence-electron chi connectivity index (χ2n) is 3.78. The summed E-state index contributed by atoms with van der Waals surface area (Å²) >= 11 is 1.69. The smallest absolute Gasteiger partial charge is 0.0995 e. The number of aromatic nitrogens is 1. The van der Waals surface area contributed by atoms with Gasteiger partial charge in [0.25, 0.3) is 0 Å². The summed E-state index contributed by atoms with van der Waals surface area (Å²) in [6, 6.07) is 8.11. The molecule has 3 heteroatoms. The molecule has 1 heterocycles. The highest BCUT2D eigenvalue weighted by atomic mass is 32.1. The van der Waals surface area contributed by atoms with Crippen LogP contribution < -0.4 is 0 Å². The summed E-state index contributed by atoms with van der Waals surface area (Å²) in [5, 5.41) is 10.7. The Bertz CT molecular complexity index is 417. The summed E-state index contributed by atoms with van der Waals surface area (Å²) in [5.41, 5.74) is 1.04. The van der Waals surface area contributed by atoms with Crippen LogP contribution in [0.25, 0.3) is 10.2 Å². The molecule has 2 aromatic rings. The Labute approximate surface area is 93.6 Å². The number of thiazole rings is 1. The summed E-state index contributed by atoms with van der Waals surface area (Å²) in [6.45, 7) is 3.92. The van der Waals surface area contributed by atoms with Gasteiger partial charge in [0.15, 0.2) is 0 Å². The van der Waals surface area contributed by atoms with Crippen LogP contribution in [0.4, 0.5) is 0 Å². The largest absolute Gasteiger partial charge is 0.393 e. The van der Waals surface area contributed by atoms with E-state index in [0.29, 0.717) is 0 Å². The minimum absolute atomic E-state index is 0.169. The van der Waals surface area contributed by atoms with Crippen molar-refractivity contribution < 1.29 is 5.11 Å². The van der Waals surface area contributed by atoms with Gasteiger partial charge in [-0.15, -0.1) is 11.3 Å². The predicted molar refractivity (Wildman–Crippen MR) is 64.3 cm³/mol. The molecule has 1 aromatic heterocycles. The second kappa shape index (κ2) is 4.29. The van der Waals surface area contributed by atoms with E-state index in [1.807, 2.05) is 25.1 Å². The van der Waals surface area contributed by atoms with Crippen molar-refractivity contribution in [1.82, 2.24) is 4.98 Å². The molecule has 0 saturated heterocycles. The topological polar surface area (TPSA) is 33.1 Å². The van der Waals surface area contributed by atoms with Gasteiger partial charge in [-0.2, -0.15) is 0 Å². The maximum absolute atomic E-state index is 9.66. The zero-order valence-corrected chi connectivity index (χ0v) is 9.79. The molecule has 0 aliphatic carbocycles. The van der Waals surface area contributed by atoms with Crippen LogP contribution in [-0.2, 0) is 0 Å². The molecule has 0 aliphatic rings. The standard InChI is InChI=1S/C12H15NOS/c1-3-9(8(2)14)12-13-10-6-4-5-7-11(10)15-12/h4-9,14H,3H2,1-2H3. The Balaban J connectivity index is 2.43. The van der Waals surface area contributed by atoms with E-state index in [4.69, 9.17) is 0 Å². The first-order valence-electron chi connectivity index (χ1n) is 5.26. The number of aliphatic hydroxyl groups excluding tert-OH is 1. The quantitative estimate of drug-likeness (QED) is 0.863. The molecule has 0 aliphatic heterocycles. The molecule has 1 N–H and O–H groups in total. The number of hydrogen-bond donors (Lipinski definition) is 1. The van der Waals surface area contributed by atoms with Crippen LogP contribution in [0.1, 0.15) is 31.2 Å². The summed E-state index contributed by atoms with van der Waals surface area (Å²) in [4.78, 5) is 4.56. The lowest BCUT2D eigenvalue weighted by Gasteiger charge is -2.14. The first-order valence-corrected chi connectivity index (χ1v) is 6.07. The molecule has 0 radical (unpaired) electrons. The Morgan fingerprint density at radius 3 is 2.73 bits per heavy atom. The Morgan fingerprint density at radius 1 is 1.40 bits per heavy atom. The fraction of sp³-hybridized carbons (Fsp3) is 0.417. The lowest BCUT2D eigenvalue weighted by Crippen LogP contribution is -2.13. The fourth-order valence-electron chi connectivity index (χ4n) is 1.77. The molecule has 0 saturated carbocycles. The van der Waals surface area contributed by atoms with E-state index in [-0.39, 0.29) is 12.0 Å². The van der Waals surface area contributed by atoms with Crippen LogP contribution in [0.15, 0.2) is 24.3 Å². The van der Waals surface area contributed by atoms with Gasteiger partial charge >= 0.3 is 0 Å². The molecule has 15 heavy (non-hydrogen) atoms. The number of para-hydroxylation sites is 1. The first-order chi connectivity index (χ1) is 7.22. The summed E-state index contributed by atoms with van der Waals surface area (Å²) in [6.07, 6.45) is 0.605. The van der Waals surface area contributed by atoms with Gasteiger partial charge in [0, 0.05) is 5.92 Å². The number of rotatable bonds is 3. The van der Waals surface area contributed by atoms with Gasteiger partial charge in [-0.25, -0.2) is 4.98 Å². The maximum Gasteiger partial charge on any atom is 0.0995 e. The van der Waals surface area contributed by atoms with Crippen LogP contribution in [0.5, 0.6) is 0 Å². The van der Waals surface area contributed by atoms with Gasteiger partial charge in [0.1, 0.15) is 0 Å². The lowest BCUT2D eigenvalue weighted by atomic mass is 10.0. The van der Waals surface area contributed by atoms with Crippen LogP contribution >= 0.6 is 11.3 Å². The van der Waals surface area contributed by atoms with Gasteiger partial charge in [-0.05, 0) is 25.5 Å². The van der Waals surface area contributed by atoms with E-state index < -0.39 is 0 Å². The zero-order chi connectivity index (χ0) is 10.8. The van der Waals surface area contributed by atoms with E-state index in [9.17, 15) is 5.11 Å². The monoisotopic (exact) mass is 221 g/mol. The van der Waals surface area contributed by atoms with Crippen molar-refractivity contribution in [1.29, 1.82) is 0 Å². The van der Waals surface area contributed by atoms with E-state index in [1.165, 1.54) is 4.70 Å². The van der Waals surface area contributed by atoms with Gasteiger partial charge < -0.3 is 5.11 Å². The van der Waals surface area contributed by atoms with Crippen LogP contribution in [0.2, 0.25) is 0 Å². The van der Waals surface area contributed by atoms with Crippen molar-refractivity contribution in [3.63, 3.8) is 0 Å². The molecular formula is C12H15NOS. The number of benzene rings is 1. The Kier molecular flexibility index (Phi) is 3.03. The van der Waals surface area contributed by atoms with E-state index in [1.54, 1.807) is 11.3 Å². The second-order valence-corrected chi connectivity index (χ2v) is 4.84. The molecule has 0 bridgehead atoms. The normalized spacial score (nSPS) is 15.4. The average Bonchev–Trinajstić information content (AvgIpc) is 2.61. The predicted octanol–water partition coefficient (Wildman–Crippen LogP) is 3.17. The maximum atomic E-state index is 9.66. The highest BCUT2D eigenvalue weighted by Gasteiger charge is 2.19. The molecular weight excluding hydrogens is 206 g/mol. The number of nitrogens with zero attached hydrogens (tertiary/aromatic N) is 1. The molecule has 0 spiro atoms. The minimum Gasteiger partial charge on any atom is -0.393 e. The van der Waals surface area contributed by atoms with Crippen LogP contribution in [0.3, 0.4) is 0 Å². The molecule has 2 atom stereocenters. The molecule has 0 amide bonds. The van der Waals surface area contributed by atoms with Gasteiger partial charge in [-0.3, -0.25) is 0 Å². The molecule has 2 unspecified atom stereocenters. The third-order valence-electron chi connectivity index (χ3n) is 2.65. The van der Waals surface area contributed by atoms with E-state index in [2.05, 4.69) is 18.0 Å². The van der Waals surface area contributed by atoms with Crippen LogP contribution in [-0.4, -0.2) is 16.2 Å². The third kappa shape index (κ3) is 2.03. The van der Waals surface area contributed by atoms with Crippen molar-refractivity contribution in [2.24, 2.45) is 0 Å². The molecule has 2 rings (SSSR count). The van der Waals surface area contributed by atoms with Crippen molar-refractivity contribution in [3.8, 4) is 0 Å². The van der Waals surface area contributed by atoms with Gasteiger partial charge in [-0.1, -0.05) is 19.1 Å². The lowest BCUT2D eigenvalue weighted by molar-refractivity contribution is 0.159. The summed E-state index contributed by atoms with van der Waals surface area (Å²) in [7, 11) is 0. The molecule has 2 nitrogen and oxygen atoms in total. The molecule has 1 aromatic carbocycles. The highest BCUT2D eigenvalue weighted by Crippen LogP contribution is 2.31.